The molecule has 4 nitrogen and oxygen atoms in total. The van der Waals surface area contributed by atoms with E-state index in [4.69, 9.17) is 11.6 Å². The molecule has 120 valence electrons. The molecule has 2 aromatic carbocycles. The SMILES string of the molecule is O=C(Cc1csc(-c2ccccc2)n1)NN=Cc1ccc(Cl)cc1. The predicted octanol–water partition coefficient (Wildman–Crippen LogP) is 4.16. The number of nitrogens with zero attached hydrogens (tertiary/aromatic N) is 2. The molecular weight excluding hydrogens is 342 g/mol. The summed E-state index contributed by atoms with van der Waals surface area (Å²) in [5.41, 5.74) is 5.15. The number of hydrazone groups is 1. The molecule has 1 amide bonds. The largest absolute Gasteiger partial charge is 0.273 e. The monoisotopic (exact) mass is 355 g/mol. The number of carbonyl (C=O) groups excluding carboxylic acids is 1. The molecule has 0 spiro atoms. The maximum atomic E-state index is 11.9. The number of thiazole rings is 1. The Labute approximate surface area is 148 Å². The number of rotatable bonds is 5. The molecule has 0 atom stereocenters. The van der Waals surface area contributed by atoms with Gasteiger partial charge in [0.15, 0.2) is 0 Å². The molecule has 0 aliphatic carbocycles. The maximum absolute atomic E-state index is 11.9. The first-order chi connectivity index (χ1) is 11.7. The second-order valence-corrected chi connectivity index (χ2v) is 6.33. The van der Waals surface area contributed by atoms with Gasteiger partial charge in [-0.2, -0.15) is 5.10 Å². The minimum absolute atomic E-state index is 0.196. The van der Waals surface area contributed by atoms with E-state index in [1.807, 2.05) is 47.8 Å². The van der Waals surface area contributed by atoms with Gasteiger partial charge in [-0.3, -0.25) is 4.79 Å². The Morgan fingerprint density at radius 3 is 2.67 bits per heavy atom. The first-order valence-corrected chi connectivity index (χ1v) is 8.54. The van der Waals surface area contributed by atoms with Gasteiger partial charge in [0.2, 0.25) is 5.91 Å². The average Bonchev–Trinajstić information content (AvgIpc) is 3.06. The van der Waals surface area contributed by atoms with Crippen LogP contribution in [0.1, 0.15) is 11.3 Å². The van der Waals surface area contributed by atoms with Gasteiger partial charge in [0.1, 0.15) is 5.01 Å². The summed E-state index contributed by atoms with van der Waals surface area (Å²) in [5, 5.41) is 7.40. The lowest BCUT2D eigenvalue weighted by molar-refractivity contribution is -0.120. The van der Waals surface area contributed by atoms with Crippen LogP contribution in [0.15, 0.2) is 65.1 Å². The van der Waals surface area contributed by atoms with Gasteiger partial charge in [0.05, 0.1) is 18.3 Å². The predicted molar refractivity (Wildman–Crippen MR) is 98.4 cm³/mol. The van der Waals surface area contributed by atoms with Gasteiger partial charge in [-0.15, -0.1) is 11.3 Å². The molecule has 1 heterocycles. The van der Waals surface area contributed by atoms with Crippen LogP contribution in [0.25, 0.3) is 10.6 Å². The number of halogens is 1. The molecule has 1 N–H and O–H groups in total. The summed E-state index contributed by atoms with van der Waals surface area (Å²) in [5.74, 6) is -0.204. The molecule has 0 unspecified atom stereocenters. The van der Waals surface area contributed by atoms with Crippen LogP contribution in [0.4, 0.5) is 0 Å². The van der Waals surface area contributed by atoms with Gasteiger partial charge in [-0.1, -0.05) is 54.1 Å². The lowest BCUT2D eigenvalue weighted by Gasteiger charge is -1.98. The summed E-state index contributed by atoms with van der Waals surface area (Å²) in [4.78, 5) is 16.4. The number of hydrogen-bond donors (Lipinski definition) is 1. The molecule has 0 radical (unpaired) electrons. The Hall–Kier alpha value is -2.50. The van der Waals surface area contributed by atoms with Crippen molar-refractivity contribution in [2.75, 3.05) is 0 Å². The van der Waals surface area contributed by atoms with Gasteiger partial charge >= 0.3 is 0 Å². The molecule has 3 rings (SSSR count). The van der Waals surface area contributed by atoms with Crippen LogP contribution >= 0.6 is 22.9 Å². The quantitative estimate of drug-likeness (QED) is 0.552. The van der Waals surface area contributed by atoms with Crippen molar-refractivity contribution in [2.24, 2.45) is 5.10 Å². The molecule has 0 bridgehead atoms. The van der Waals surface area contributed by atoms with Crippen LogP contribution in [0.3, 0.4) is 0 Å². The zero-order chi connectivity index (χ0) is 16.8. The van der Waals surface area contributed by atoms with E-state index in [2.05, 4.69) is 15.5 Å². The molecule has 6 heteroatoms. The Morgan fingerprint density at radius 2 is 1.92 bits per heavy atom. The van der Waals surface area contributed by atoms with E-state index in [0.29, 0.717) is 5.02 Å². The average molecular weight is 356 g/mol. The second-order valence-electron chi connectivity index (χ2n) is 5.03. The first kappa shape index (κ1) is 16.4. The Kier molecular flexibility index (Phi) is 5.36. The van der Waals surface area contributed by atoms with Crippen LogP contribution in [0.5, 0.6) is 0 Å². The highest BCUT2D eigenvalue weighted by Gasteiger charge is 2.08. The van der Waals surface area contributed by atoms with E-state index in [0.717, 1.165) is 21.8 Å². The summed E-state index contributed by atoms with van der Waals surface area (Å²) in [6.45, 7) is 0. The van der Waals surface area contributed by atoms with Gasteiger partial charge in [-0.05, 0) is 17.7 Å². The number of nitrogens with one attached hydrogen (secondary N) is 1. The number of carbonyl (C=O) groups is 1. The summed E-state index contributed by atoms with van der Waals surface area (Å²) >= 11 is 7.34. The van der Waals surface area contributed by atoms with Crippen LogP contribution in [0, 0.1) is 0 Å². The lowest BCUT2D eigenvalue weighted by atomic mass is 10.2. The molecule has 0 aliphatic rings. The maximum Gasteiger partial charge on any atom is 0.246 e. The highest BCUT2D eigenvalue weighted by molar-refractivity contribution is 7.13. The topological polar surface area (TPSA) is 54.4 Å². The fourth-order valence-corrected chi connectivity index (χ4v) is 2.98. The number of amides is 1. The number of aromatic nitrogens is 1. The molecular formula is C18H14ClN3OS. The van der Waals surface area contributed by atoms with Gasteiger partial charge in [0, 0.05) is 16.0 Å². The van der Waals surface area contributed by atoms with Crippen molar-refractivity contribution < 1.29 is 4.79 Å². The van der Waals surface area contributed by atoms with Crippen LogP contribution in [-0.2, 0) is 11.2 Å². The van der Waals surface area contributed by atoms with Crippen molar-refractivity contribution in [1.29, 1.82) is 0 Å². The fraction of sp³-hybridized carbons (Fsp3) is 0.0556. The molecule has 3 aromatic rings. The molecule has 0 fully saturated rings. The van der Waals surface area contributed by atoms with Gasteiger partial charge in [-0.25, -0.2) is 10.4 Å². The Balaban J connectivity index is 1.55. The van der Waals surface area contributed by atoms with E-state index in [-0.39, 0.29) is 12.3 Å². The normalized spacial score (nSPS) is 10.9. The third-order valence-corrected chi connectivity index (χ3v) is 4.38. The fourth-order valence-electron chi connectivity index (χ4n) is 2.03. The summed E-state index contributed by atoms with van der Waals surface area (Å²) < 4.78 is 0. The molecule has 1 aromatic heterocycles. The van der Waals surface area contributed by atoms with Crippen LogP contribution in [0.2, 0.25) is 5.02 Å². The third-order valence-electron chi connectivity index (χ3n) is 3.19. The first-order valence-electron chi connectivity index (χ1n) is 7.28. The van der Waals surface area contributed by atoms with Crippen molar-refractivity contribution in [3.63, 3.8) is 0 Å². The minimum Gasteiger partial charge on any atom is -0.273 e. The van der Waals surface area contributed by atoms with Gasteiger partial charge < -0.3 is 0 Å². The van der Waals surface area contributed by atoms with E-state index < -0.39 is 0 Å². The standard InChI is InChI=1S/C18H14ClN3OS/c19-15-8-6-13(7-9-15)11-20-22-17(23)10-16-12-24-18(21-16)14-4-2-1-3-5-14/h1-9,11-12H,10H2,(H,22,23). The van der Waals surface area contributed by atoms with Crippen molar-refractivity contribution in [3.05, 3.63) is 76.3 Å². The van der Waals surface area contributed by atoms with Crippen LogP contribution in [-0.4, -0.2) is 17.1 Å². The Morgan fingerprint density at radius 1 is 1.17 bits per heavy atom. The number of benzene rings is 2. The van der Waals surface area contributed by atoms with E-state index in [1.54, 1.807) is 18.3 Å². The summed E-state index contributed by atoms with van der Waals surface area (Å²) in [6.07, 6.45) is 1.77. The second kappa shape index (κ2) is 7.86. The minimum atomic E-state index is -0.204. The van der Waals surface area contributed by atoms with Crippen molar-refractivity contribution in [2.45, 2.75) is 6.42 Å². The van der Waals surface area contributed by atoms with Crippen molar-refractivity contribution >= 4 is 35.1 Å². The third kappa shape index (κ3) is 4.50. The van der Waals surface area contributed by atoms with Crippen LogP contribution < -0.4 is 5.43 Å². The van der Waals surface area contributed by atoms with Crippen molar-refractivity contribution in [3.8, 4) is 10.6 Å². The van der Waals surface area contributed by atoms with E-state index in [9.17, 15) is 4.79 Å². The van der Waals surface area contributed by atoms with Crippen molar-refractivity contribution in [1.82, 2.24) is 10.4 Å². The highest BCUT2D eigenvalue weighted by atomic mass is 35.5. The highest BCUT2D eigenvalue weighted by Crippen LogP contribution is 2.23. The molecule has 24 heavy (non-hydrogen) atoms. The number of hydrogen-bond acceptors (Lipinski definition) is 4. The Bertz CT molecular complexity index is 844. The van der Waals surface area contributed by atoms with E-state index >= 15 is 0 Å². The molecule has 0 aliphatic heterocycles. The molecule has 0 saturated carbocycles. The zero-order valence-corrected chi connectivity index (χ0v) is 14.2. The van der Waals surface area contributed by atoms with Gasteiger partial charge in [0.25, 0.3) is 0 Å². The summed E-state index contributed by atoms with van der Waals surface area (Å²) in [7, 11) is 0. The van der Waals surface area contributed by atoms with E-state index in [1.165, 1.54) is 11.3 Å². The lowest BCUT2D eigenvalue weighted by Crippen LogP contribution is -2.19. The molecule has 0 saturated heterocycles. The smallest absolute Gasteiger partial charge is 0.246 e. The zero-order valence-electron chi connectivity index (χ0n) is 12.6. The summed E-state index contributed by atoms with van der Waals surface area (Å²) in [6, 6.07) is 17.1.